The summed E-state index contributed by atoms with van der Waals surface area (Å²) in [5, 5.41) is 12.7. The van der Waals surface area contributed by atoms with Crippen LogP contribution in [0.15, 0.2) is 24.3 Å². The molecule has 0 radical (unpaired) electrons. The molecule has 0 amide bonds. The van der Waals surface area contributed by atoms with Crippen LogP contribution in [0.1, 0.15) is 17.9 Å². The van der Waals surface area contributed by atoms with Gasteiger partial charge in [-0.25, -0.2) is 0 Å². The van der Waals surface area contributed by atoms with Crippen LogP contribution in [0, 0.1) is 0 Å². The molecule has 2 aliphatic rings. The van der Waals surface area contributed by atoms with Gasteiger partial charge in [0, 0.05) is 11.6 Å². The number of fused-ring (bicyclic) bond motifs is 3. The molecule has 3 rings (SSSR count). The zero-order valence-electron chi connectivity index (χ0n) is 9.76. The Labute approximate surface area is 100 Å². The molecule has 1 fully saturated rings. The molecule has 90 valence electrons. The highest BCUT2D eigenvalue weighted by Gasteiger charge is 2.45. The quantitative estimate of drug-likeness (QED) is 0.767. The Morgan fingerprint density at radius 3 is 3.00 bits per heavy atom. The van der Waals surface area contributed by atoms with Crippen LogP contribution in [0.2, 0.25) is 0 Å². The average molecular weight is 232 g/mol. The molecule has 4 heteroatoms. The number of likely N-dealkylation sites (N-methyl/N-ethyl adjacent to an activating group) is 1. The summed E-state index contributed by atoms with van der Waals surface area (Å²) in [5.74, 6) is -0.397. The normalized spacial score (nSPS) is 31.5. The number of rotatable bonds is 1. The van der Waals surface area contributed by atoms with Crippen molar-refractivity contribution in [2.45, 2.75) is 24.4 Å². The van der Waals surface area contributed by atoms with Crippen LogP contribution in [0.5, 0.6) is 0 Å². The van der Waals surface area contributed by atoms with Crippen molar-refractivity contribution in [2.75, 3.05) is 18.9 Å². The van der Waals surface area contributed by atoms with Crippen LogP contribution in [0.3, 0.4) is 0 Å². The first-order chi connectivity index (χ1) is 8.18. The molecule has 4 nitrogen and oxygen atoms in total. The van der Waals surface area contributed by atoms with E-state index >= 15 is 0 Å². The first kappa shape index (κ1) is 10.6. The third-order valence-corrected chi connectivity index (χ3v) is 3.98. The summed E-state index contributed by atoms with van der Waals surface area (Å²) in [5.41, 5.74) is 2.38. The van der Waals surface area contributed by atoms with Gasteiger partial charge in [0.2, 0.25) is 0 Å². The van der Waals surface area contributed by atoms with Crippen LogP contribution in [0.25, 0.3) is 0 Å². The van der Waals surface area contributed by atoms with Gasteiger partial charge >= 0.3 is 5.97 Å². The van der Waals surface area contributed by atoms with Crippen LogP contribution in [-0.2, 0) is 4.79 Å². The highest BCUT2D eigenvalue weighted by atomic mass is 16.4. The van der Waals surface area contributed by atoms with E-state index in [-0.39, 0.29) is 6.04 Å². The minimum atomic E-state index is -0.734. The average Bonchev–Trinajstić information content (AvgIpc) is 2.66. The minimum absolute atomic E-state index is 0.00338. The number of nitrogens with zero attached hydrogens (tertiary/aromatic N) is 1. The molecule has 3 atom stereocenters. The molecule has 3 unspecified atom stereocenters. The number of anilines is 1. The maximum absolute atomic E-state index is 11.4. The maximum atomic E-state index is 11.4. The van der Waals surface area contributed by atoms with Gasteiger partial charge in [0.05, 0.1) is 6.04 Å². The predicted octanol–water partition coefficient (Wildman–Crippen LogP) is 1.35. The Morgan fingerprint density at radius 1 is 1.47 bits per heavy atom. The summed E-state index contributed by atoms with van der Waals surface area (Å²) in [6, 6.07) is 7.73. The lowest BCUT2D eigenvalue weighted by atomic mass is 9.84. The number of hydrogen-bond donors (Lipinski definition) is 2. The fourth-order valence-corrected chi connectivity index (χ4v) is 3.16. The molecule has 0 saturated carbocycles. The molecule has 2 N–H and O–H groups in total. The van der Waals surface area contributed by atoms with E-state index in [1.165, 1.54) is 5.56 Å². The van der Waals surface area contributed by atoms with Crippen molar-refractivity contribution < 1.29 is 9.90 Å². The van der Waals surface area contributed by atoms with Gasteiger partial charge in [0.25, 0.3) is 0 Å². The number of carboxylic acid groups (broad SMARTS) is 1. The lowest BCUT2D eigenvalue weighted by Gasteiger charge is -2.38. The van der Waals surface area contributed by atoms with Crippen LogP contribution >= 0.6 is 0 Å². The summed E-state index contributed by atoms with van der Waals surface area (Å²) < 4.78 is 0. The van der Waals surface area contributed by atoms with Gasteiger partial charge in [-0.15, -0.1) is 0 Å². The topological polar surface area (TPSA) is 52.6 Å². The monoisotopic (exact) mass is 232 g/mol. The van der Waals surface area contributed by atoms with Gasteiger partial charge < -0.3 is 10.4 Å². The van der Waals surface area contributed by atoms with E-state index in [4.69, 9.17) is 0 Å². The summed E-state index contributed by atoms with van der Waals surface area (Å²) in [6.07, 6.45) is 1.02. The number of likely N-dealkylation sites (tertiary alicyclic amines) is 1. The Kier molecular flexibility index (Phi) is 2.33. The lowest BCUT2D eigenvalue weighted by Crippen LogP contribution is -2.54. The Bertz CT molecular complexity index is 460. The molecule has 1 aromatic rings. The van der Waals surface area contributed by atoms with Crippen molar-refractivity contribution in [1.29, 1.82) is 0 Å². The van der Waals surface area contributed by atoms with Crippen LogP contribution in [-0.4, -0.2) is 41.7 Å². The number of carbonyl (C=O) groups is 1. The molecule has 0 aliphatic carbocycles. The van der Waals surface area contributed by atoms with Crippen molar-refractivity contribution in [3.8, 4) is 0 Å². The summed E-state index contributed by atoms with van der Waals surface area (Å²) in [7, 11) is 1.89. The van der Waals surface area contributed by atoms with Crippen molar-refractivity contribution in [3.05, 3.63) is 29.8 Å². The van der Waals surface area contributed by atoms with Gasteiger partial charge in [-0.3, -0.25) is 9.69 Å². The van der Waals surface area contributed by atoms with Gasteiger partial charge in [-0.1, -0.05) is 18.2 Å². The summed E-state index contributed by atoms with van der Waals surface area (Å²) >= 11 is 0. The second-order valence-corrected chi connectivity index (χ2v) is 4.92. The van der Waals surface area contributed by atoms with E-state index < -0.39 is 12.0 Å². The highest BCUT2D eigenvalue weighted by molar-refractivity contribution is 5.77. The number of hydrogen-bond acceptors (Lipinski definition) is 3. The number of aliphatic carboxylic acids is 1. The van der Waals surface area contributed by atoms with E-state index in [0.717, 1.165) is 18.7 Å². The minimum Gasteiger partial charge on any atom is -0.480 e. The zero-order valence-corrected chi connectivity index (χ0v) is 9.76. The maximum Gasteiger partial charge on any atom is 0.323 e. The first-order valence-electron chi connectivity index (χ1n) is 5.97. The number of piperidine rings is 1. The first-order valence-corrected chi connectivity index (χ1v) is 5.97. The molecule has 1 aromatic carbocycles. The predicted molar refractivity (Wildman–Crippen MR) is 65.3 cm³/mol. The van der Waals surface area contributed by atoms with Crippen molar-refractivity contribution >= 4 is 11.7 Å². The fourth-order valence-electron chi connectivity index (χ4n) is 3.16. The Morgan fingerprint density at radius 2 is 2.24 bits per heavy atom. The van der Waals surface area contributed by atoms with Crippen molar-refractivity contribution in [3.63, 3.8) is 0 Å². The molecule has 0 aromatic heterocycles. The van der Waals surface area contributed by atoms with Crippen LogP contribution in [0.4, 0.5) is 5.69 Å². The number of para-hydroxylation sites is 1. The molecule has 17 heavy (non-hydrogen) atoms. The van der Waals surface area contributed by atoms with E-state index in [0.29, 0.717) is 5.92 Å². The van der Waals surface area contributed by atoms with Crippen molar-refractivity contribution in [2.24, 2.45) is 0 Å². The van der Waals surface area contributed by atoms with Gasteiger partial charge in [-0.05, 0) is 31.6 Å². The lowest BCUT2D eigenvalue weighted by molar-refractivity contribution is -0.144. The van der Waals surface area contributed by atoms with Crippen LogP contribution < -0.4 is 5.32 Å². The largest absolute Gasteiger partial charge is 0.480 e. The second-order valence-electron chi connectivity index (χ2n) is 4.92. The van der Waals surface area contributed by atoms with Gasteiger partial charge in [0.15, 0.2) is 0 Å². The van der Waals surface area contributed by atoms with E-state index in [9.17, 15) is 9.90 Å². The number of benzene rings is 1. The van der Waals surface area contributed by atoms with Crippen molar-refractivity contribution in [1.82, 2.24) is 4.90 Å². The number of nitrogens with one attached hydrogen (secondary N) is 1. The molecule has 2 heterocycles. The second kappa shape index (κ2) is 3.74. The third-order valence-electron chi connectivity index (χ3n) is 3.98. The highest BCUT2D eigenvalue weighted by Crippen LogP contribution is 2.42. The summed E-state index contributed by atoms with van der Waals surface area (Å²) in [4.78, 5) is 13.3. The standard InChI is InChI=1S/C13H16N2O2/c1-15-7-6-9-8-4-2-3-5-10(8)14-11(9)12(15)13(16)17/h2-5,9,11-12,14H,6-7H2,1H3,(H,16,17). The SMILES string of the molecule is CN1CCC2c3ccccc3NC2C1C(=O)O. The molecule has 0 spiro atoms. The molecule has 1 saturated heterocycles. The number of carboxylic acids is 1. The Balaban J connectivity index is 1.98. The van der Waals surface area contributed by atoms with E-state index in [2.05, 4.69) is 11.4 Å². The smallest absolute Gasteiger partial charge is 0.323 e. The zero-order chi connectivity index (χ0) is 12.0. The van der Waals surface area contributed by atoms with Gasteiger partial charge in [0.1, 0.15) is 6.04 Å². The Hall–Kier alpha value is -1.55. The third kappa shape index (κ3) is 1.52. The molecule has 2 aliphatic heterocycles. The van der Waals surface area contributed by atoms with Gasteiger partial charge in [-0.2, -0.15) is 0 Å². The molecular weight excluding hydrogens is 216 g/mol. The van der Waals surface area contributed by atoms with E-state index in [1.807, 2.05) is 30.1 Å². The van der Waals surface area contributed by atoms with E-state index in [1.54, 1.807) is 0 Å². The fraction of sp³-hybridized carbons (Fsp3) is 0.462. The molecule has 0 bridgehead atoms. The molecular formula is C13H16N2O2. The summed E-state index contributed by atoms with van der Waals surface area (Å²) in [6.45, 7) is 0.841.